The molecule has 0 atom stereocenters. The Balaban J connectivity index is 0.00000289. The van der Waals surface area contributed by atoms with Crippen LogP contribution in [-0.4, -0.2) is 25.5 Å². The maximum atomic E-state index is 11.6. The first-order valence-corrected chi connectivity index (χ1v) is 6.63. The number of halogens is 1. The third-order valence-electron chi connectivity index (χ3n) is 3.00. The van der Waals surface area contributed by atoms with Crippen molar-refractivity contribution in [2.45, 2.75) is 46.5 Å². The normalized spacial score (nSPS) is 15.6. The summed E-state index contributed by atoms with van der Waals surface area (Å²) < 4.78 is 0. The van der Waals surface area contributed by atoms with Crippen LogP contribution in [0.2, 0.25) is 0 Å². The second kappa shape index (κ2) is 8.54. The minimum absolute atomic E-state index is 0. The lowest BCUT2D eigenvalue weighted by Gasteiger charge is -2.18. The summed E-state index contributed by atoms with van der Waals surface area (Å²) in [5.74, 6) is 0.189. The van der Waals surface area contributed by atoms with Crippen LogP contribution in [0.4, 0.5) is 0 Å². The van der Waals surface area contributed by atoms with Gasteiger partial charge in [-0.15, -0.1) is 12.4 Å². The van der Waals surface area contributed by atoms with Crippen LogP contribution < -0.4 is 10.6 Å². The fourth-order valence-corrected chi connectivity index (χ4v) is 1.91. The van der Waals surface area contributed by atoms with E-state index in [-0.39, 0.29) is 18.3 Å². The third kappa shape index (κ3) is 8.54. The van der Waals surface area contributed by atoms with Gasteiger partial charge >= 0.3 is 0 Å². The van der Waals surface area contributed by atoms with Crippen LogP contribution in [0.1, 0.15) is 46.5 Å². The van der Waals surface area contributed by atoms with E-state index in [9.17, 15) is 4.79 Å². The van der Waals surface area contributed by atoms with Crippen LogP contribution in [0, 0.1) is 5.41 Å². The molecule has 0 spiro atoms. The van der Waals surface area contributed by atoms with E-state index in [0.29, 0.717) is 11.8 Å². The zero-order chi connectivity index (χ0) is 12.7. The number of carbonyl (C=O) groups excluding carboxylic acids is 1. The molecule has 18 heavy (non-hydrogen) atoms. The summed E-state index contributed by atoms with van der Waals surface area (Å²) in [6, 6.07) is 0. The first-order valence-electron chi connectivity index (χ1n) is 6.63. The molecule has 4 heteroatoms. The second-order valence-corrected chi connectivity index (χ2v) is 6.01. The zero-order valence-electron chi connectivity index (χ0n) is 11.8. The summed E-state index contributed by atoms with van der Waals surface area (Å²) in [7, 11) is 0. The predicted octanol–water partition coefficient (Wildman–Crippen LogP) is 2.66. The summed E-state index contributed by atoms with van der Waals surface area (Å²) in [6.07, 6.45) is 5.98. The van der Waals surface area contributed by atoms with Crippen molar-refractivity contribution in [1.82, 2.24) is 10.6 Å². The SMILES string of the molecule is CC(C)(C)CCCC(=O)NCC1=CCNCC1.Cl. The summed E-state index contributed by atoms with van der Waals surface area (Å²) in [6.45, 7) is 9.34. The molecule has 0 aliphatic carbocycles. The molecule has 0 aromatic rings. The highest BCUT2D eigenvalue weighted by Gasteiger charge is 2.11. The number of hydrogen-bond donors (Lipinski definition) is 2. The molecule has 2 N–H and O–H groups in total. The lowest BCUT2D eigenvalue weighted by atomic mass is 9.90. The molecule has 106 valence electrons. The van der Waals surface area contributed by atoms with E-state index >= 15 is 0 Å². The Morgan fingerprint density at radius 1 is 1.44 bits per heavy atom. The maximum absolute atomic E-state index is 11.6. The first kappa shape index (κ1) is 17.5. The van der Waals surface area contributed by atoms with Crippen LogP contribution >= 0.6 is 12.4 Å². The predicted molar refractivity (Wildman–Crippen MR) is 79.1 cm³/mol. The fourth-order valence-electron chi connectivity index (χ4n) is 1.91. The Kier molecular flexibility index (Phi) is 8.29. The molecule has 1 aliphatic rings. The van der Waals surface area contributed by atoms with Crippen molar-refractivity contribution in [3.8, 4) is 0 Å². The van der Waals surface area contributed by atoms with Gasteiger partial charge in [-0.3, -0.25) is 4.79 Å². The molecule has 0 saturated heterocycles. The number of nitrogens with one attached hydrogen (secondary N) is 2. The van der Waals surface area contributed by atoms with Gasteiger partial charge in [0.05, 0.1) is 0 Å². The average molecular weight is 275 g/mol. The molecule has 1 amide bonds. The van der Waals surface area contributed by atoms with Crippen LogP contribution in [0.25, 0.3) is 0 Å². The molecule has 0 radical (unpaired) electrons. The van der Waals surface area contributed by atoms with Gasteiger partial charge in [0, 0.05) is 19.5 Å². The van der Waals surface area contributed by atoms with Crippen LogP contribution in [0.3, 0.4) is 0 Å². The van der Waals surface area contributed by atoms with Gasteiger partial charge in [-0.05, 0) is 31.2 Å². The summed E-state index contributed by atoms with van der Waals surface area (Å²) in [4.78, 5) is 11.6. The van der Waals surface area contributed by atoms with E-state index in [1.165, 1.54) is 5.57 Å². The average Bonchev–Trinajstić information content (AvgIpc) is 2.26. The van der Waals surface area contributed by atoms with Gasteiger partial charge in [0.1, 0.15) is 0 Å². The van der Waals surface area contributed by atoms with Gasteiger partial charge in [0.2, 0.25) is 5.91 Å². The Bertz CT molecular complexity index is 282. The lowest BCUT2D eigenvalue weighted by molar-refractivity contribution is -0.121. The molecule has 0 bridgehead atoms. The fraction of sp³-hybridized carbons (Fsp3) is 0.786. The molecule has 0 unspecified atom stereocenters. The summed E-state index contributed by atoms with van der Waals surface area (Å²) in [5, 5.41) is 6.27. The van der Waals surface area contributed by atoms with Crippen molar-refractivity contribution in [1.29, 1.82) is 0 Å². The summed E-state index contributed by atoms with van der Waals surface area (Å²) >= 11 is 0. The quantitative estimate of drug-likeness (QED) is 0.757. The zero-order valence-corrected chi connectivity index (χ0v) is 12.7. The van der Waals surface area contributed by atoms with Crippen molar-refractivity contribution in [3.05, 3.63) is 11.6 Å². The van der Waals surface area contributed by atoms with Crippen LogP contribution in [0.5, 0.6) is 0 Å². The van der Waals surface area contributed by atoms with E-state index < -0.39 is 0 Å². The highest BCUT2D eigenvalue weighted by atomic mass is 35.5. The monoisotopic (exact) mass is 274 g/mol. The number of hydrogen-bond acceptors (Lipinski definition) is 2. The van der Waals surface area contributed by atoms with Gasteiger partial charge in [-0.1, -0.05) is 32.4 Å². The van der Waals surface area contributed by atoms with E-state index in [1.54, 1.807) is 0 Å². The maximum Gasteiger partial charge on any atom is 0.220 e. The molecule has 0 aromatic carbocycles. The molecule has 0 saturated carbocycles. The van der Waals surface area contributed by atoms with Gasteiger partial charge in [-0.2, -0.15) is 0 Å². The smallest absolute Gasteiger partial charge is 0.220 e. The van der Waals surface area contributed by atoms with E-state index in [1.807, 2.05) is 0 Å². The Labute approximate surface area is 117 Å². The van der Waals surface area contributed by atoms with Gasteiger partial charge in [0.25, 0.3) is 0 Å². The van der Waals surface area contributed by atoms with Crippen molar-refractivity contribution in [3.63, 3.8) is 0 Å². The highest BCUT2D eigenvalue weighted by molar-refractivity contribution is 5.85. The largest absolute Gasteiger partial charge is 0.352 e. The van der Waals surface area contributed by atoms with Crippen molar-refractivity contribution in [2.24, 2.45) is 5.41 Å². The number of carbonyl (C=O) groups is 1. The standard InChI is InChI=1S/C14H26N2O.ClH/c1-14(2,3)8-4-5-13(17)16-11-12-6-9-15-10-7-12;/h6,15H,4-5,7-11H2,1-3H3,(H,16,17);1H. The van der Waals surface area contributed by atoms with E-state index in [0.717, 1.165) is 38.9 Å². The molecule has 1 rings (SSSR count). The minimum atomic E-state index is 0. The Morgan fingerprint density at radius 2 is 2.17 bits per heavy atom. The first-order chi connectivity index (χ1) is 7.97. The van der Waals surface area contributed by atoms with Crippen LogP contribution in [0.15, 0.2) is 11.6 Å². The third-order valence-corrected chi connectivity index (χ3v) is 3.00. The highest BCUT2D eigenvalue weighted by Crippen LogP contribution is 2.21. The summed E-state index contributed by atoms with van der Waals surface area (Å²) in [5.41, 5.74) is 1.69. The molecular weight excluding hydrogens is 248 g/mol. The molecule has 3 nitrogen and oxygen atoms in total. The molecule has 0 aromatic heterocycles. The topological polar surface area (TPSA) is 41.1 Å². The molecule has 1 heterocycles. The Hall–Kier alpha value is -0.540. The number of rotatable bonds is 5. The Morgan fingerprint density at radius 3 is 2.72 bits per heavy atom. The minimum Gasteiger partial charge on any atom is -0.352 e. The lowest BCUT2D eigenvalue weighted by Crippen LogP contribution is -2.29. The number of amides is 1. The van der Waals surface area contributed by atoms with Crippen LogP contribution in [-0.2, 0) is 4.79 Å². The second-order valence-electron chi connectivity index (χ2n) is 6.01. The van der Waals surface area contributed by atoms with Gasteiger partial charge in [-0.25, -0.2) is 0 Å². The van der Waals surface area contributed by atoms with E-state index in [4.69, 9.17) is 0 Å². The van der Waals surface area contributed by atoms with Crippen molar-refractivity contribution >= 4 is 18.3 Å². The van der Waals surface area contributed by atoms with Crippen molar-refractivity contribution < 1.29 is 4.79 Å². The molecule has 0 fully saturated rings. The van der Waals surface area contributed by atoms with Gasteiger partial charge in [0.15, 0.2) is 0 Å². The van der Waals surface area contributed by atoms with Gasteiger partial charge < -0.3 is 10.6 Å². The van der Waals surface area contributed by atoms with E-state index in [2.05, 4.69) is 37.5 Å². The van der Waals surface area contributed by atoms with Crippen molar-refractivity contribution in [2.75, 3.05) is 19.6 Å². The molecule has 1 aliphatic heterocycles. The molecular formula is C14H27ClN2O.